The monoisotopic (exact) mass is 286 g/mol. The molecular formula is C13H22N2O5. The molecule has 7 nitrogen and oxygen atoms in total. The first-order chi connectivity index (χ1) is 9.45. The number of carboxylic acid groups (broad SMARTS) is 2. The van der Waals surface area contributed by atoms with Crippen LogP contribution in [-0.2, 0) is 14.4 Å². The highest BCUT2D eigenvalue weighted by Crippen LogP contribution is 2.29. The summed E-state index contributed by atoms with van der Waals surface area (Å²) in [4.78, 5) is 33.7. The van der Waals surface area contributed by atoms with E-state index in [4.69, 9.17) is 15.9 Å². The second kappa shape index (κ2) is 7.84. The number of hydrogen-bond acceptors (Lipinski definition) is 4. The minimum absolute atomic E-state index is 0.0812. The average Bonchev–Trinajstić information content (AvgIpc) is 2.42. The van der Waals surface area contributed by atoms with Crippen molar-refractivity contribution < 1.29 is 24.6 Å². The van der Waals surface area contributed by atoms with E-state index in [0.717, 1.165) is 19.3 Å². The van der Waals surface area contributed by atoms with Crippen LogP contribution < -0.4 is 11.1 Å². The van der Waals surface area contributed by atoms with Gasteiger partial charge in [0.05, 0.1) is 0 Å². The van der Waals surface area contributed by atoms with Crippen molar-refractivity contribution in [3.63, 3.8) is 0 Å². The summed E-state index contributed by atoms with van der Waals surface area (Å²) in [5, 5.41) is 20.1. The minimum atomic E-state index is -1.21. The standard InChI is InChI=1S/C13H22N2O5/c14-7-8-3-1-2-4-9(8)12(18)15-10(13(19)20)5-6-11(16)17/h8-10H,1-7,14H2,(H,15,18)(H,16,17)(H,19,20). The van der Waals surface area contributed by atoms with Crippen molar-refractivity contribution in [2.24, 2.45) is 17.6 Å². The summed E-state index contributed by atoms with van der Waals surface area (Å²) in [5.74, 6) is -2.79. The molecule has 1 aliphatic rings. The molecule has 0 spiro atoms. The molecule has 0 bridgehead atoms. The molecule has 0 aromatic carbocycles. The van der Waals surface area contributed by atoms with Gasteiger partial charge in [-0.3, -0.25) is 9.59 Å². The molecule has 20 heavy (non-hydrogen) atoms. The van der Waals surface area contributed by atoms with Crippen LogP contribution in [0.1, 0.15) is 38.5 Å². The summed E-state index contributed by atoms with van der Waals surface area (Å²) >= 11 is 0. The van der Waals surface area contributed by atoms with Crippen LogP contribution in [0.3, 0.4) is 0 Å². The van der Waals surface area contributed by atoms with Crippen molar-refractivity contribution in [2.75, 3.05) is 6.54 Å². The molecule has 1 aliphatic carbocycles. The van der Waals surface area contributed by atoms with Crippen molar-refractivity contribution in [2.45, 2.75) is 44.6 Å². The van der Waals surface area contributed by atoms with Gasteiger partial charge in [-0.2, -0.15) is 0 Å². The number of aliphatic carboxylic acids is 2. The number of rotatable bonds is 7. The van der Waals surface area contributed by atoms with Gasteiger partial charge in [0.2, 0.25) is 5.91 Å². The van der Waals surface area contributed by atoms with E-state index >= 15 is 0 Å². The van der Waals surface area contributed by atoms with Gasteiger partial charge in [0, 0.05) is 12.3 Å². The van der Waals surface area contributed by atoms with Crippen molar-refractivity contribution in [1.29, 1.82) is 0 Å². The number of carboxylic acids is 2. The third-order valence-corrected chi connectivity index (χ3v) is 3.81. The Bertz CT molecular complexity index is 372. The lowest BCUT2D eigenvalue weighted by atomic mass is 9.78. The number of hydrogen-bond donors (Lipinski definition) is 4. The summed E-state index contributed by atoms with van der Waals surface area (Å²) in [6, 6.07) is -1.15. The fraction of sp³-hybridized carbons (Fsp3) is 0.769. The molecule has 7 heteroatoms. The molecule has 1 amide bonds. The first kappa shape index (κ1) is 16.4. The van der Waals surface area contributed by atoms with Crippen LogP contribution in [0, 0.1) is 11.8 Å². The fourth-order valence-electron chi connectivity index (χ4n) is 2.64. The Morgan fingerprint density at radius 2 is 1.85 bits per heavy atom. The molecule has 0 aromatic heterocycles. The van der Waals surface area contributed by atoms with E-state index in [0.29, 0.717) is 13.0 Å². The summed E-state index contributed by atoms with van der Waals surface area (Å²) in [7, 11) is 0. The van der Waals surface area contributed by atoms with Crippen molar-refractivity contribution in [1.82, 2.24) is 5.32 Å². The molecule has 0 heterocycles. The van der Waals surface area contributed by atoms with E-state index in [-0.39, 0.29) is 30.6 Å². The van der Waals surface area contributed by atoms with Crippen LogP contribution in [0.2, 0.25) is 0 Å². The van der Waals surface area contributed by atoms with E-state index in [9.17, 15) is 14.4 Å². The van der Waals surface area contributed by atoms with Crippen molar-refractivity contribution in [3.05, 3.63) is 0 Å². The highest BCUT2D eigenvalue weighted by atomic mass is 16.4. The van der Waals surface area contributed by atoms with E-state index in [1.165, 1.54) is 0 Å². The molecule has 1 saturated carbocycles. The second-order valence-electron chi connectivity index (χ2n) is 5.22. The zero-order valence-electron chi connectivity index (χ0n) is 11.4. The minimum Gasteiger partial charge on any atom is -0.481 e. The van der Waals surface area contributed by atoms with Crippen LogP contribution in [-0.4, -0.2) is 40.6 Å². The van der Waals surface area contributed by atoms with Crippen LogP contribution in [0.4, 0.5) is 0 Å². The van der Waals surface area contributed by atoms with Gasteiger partial charge in [-0.05, 0) is 31.7 Å². The predicted molar refractivity (Wildman–Crippen MR) is 70.9 cm³/mol. The smallest absolute Gasteiger partial charge is 0.326 e. The lowest BCUT2D eigenvalue weighted by molar-refractivity contribution is -0.144. The van der Waals surface area contributed by atoms with Gasteiger partial charge in [-0.1, -0.05) is 12.8 Å². The lowest BCUT2D eigenvalue weighted by Gasteiger charge is -2.30. The van der Waals surface area contributed by atoms with Gasteiger partial charge in [-0.15, -0.1) is 0 Å². The third-order valence-electron chi connectivity index (χ3n) is 3.81. The van der Waals surface area contributed by atoms with Crippen LogP contribution in [0.25, 0.3) is 0 Å². The van der Waals surface area contributed by atoms with Gasteiger partial charge in [-0.25, -0.2) is 4.79 Å². The molecule has 5 N–H and O–H groups in total. The first-order valence-corrected chi connectivity index (χ1v) is 6.90. The number of carbonyl (C=O) groups is 3. The van der Waals surface area contributed by atoms with E-state index in [2.05, 4.69) is 5.32 Å². The topological polar surface area (TPSA) is 130 Å². The maximum Gasteiger partial charge on any atom is 0.326 e. The Hall–Kier alpha value is -1.63. The van der Waals surface area contributed by atoms with Crippen molar-refractivity contribution >= 4 is 17.8 Å². The average molecular weight is 286 g/mol. The summed E-state index contributed by atoms with van der Waals surface area (Å²) < 4.78 is 0. The fourth-order valence-corrected chi connectivity index (χ4v) is 2.64. The molecule has 114 valence electrons. The van der Waals surface area contributed by atoms with Crippen LogP contribution >= 0.6 is 0 Å². The molecule has 0 aromatic rings. The Balaban J connectivity index is 2.59. The number of nitrogens with one attached hydrogen (secondary N) is 1. The Kier molecular flexibility index (Phi) is 6.44. The lowest BCUT2D eigenvalue weighted by Crippen LogP contribution is -2.47. The SMILES string of the molecule is NCC1CCCCC1C(=O)NC(CCC(=O)O)C(=O)O. The molecular weight excluding hydrogens is 264 g/mol. The molecule has 0 radical (unpaired) electrons. The van der Waals surface area contributed by atoms with Gasteiger partial charge in [0.15, 0.2) is 0 Å². The Morgan fingerprint density at radius 1 is 1.20 bits per heavy atom. The zero-order chi connectivity index (χ0) is 15.1. The zero-order valence-corrected chi connectivity index (χ0v) is 11.4. The molecule has 0 aliphatic heterocycles. The Labute approximate surface area is 117 Å². The first-order valence-electron chi connectivity index (χ1n) is 6.90. The Morgan fingerprint density at radius 3 is 2.40 bits per heavy atom. The normalized spacial score (nSPS) is 23.9. The second-order valence-corrected chi connectivity index (χ2v) is 5.22. The maximum absolute atomic E-state index is 12.1. The molecule has 1 rings (SSSR count). The molecule has 3 atom stereocenters. The van der Waals surface area contributed by atoms with Gasteiger partial charge < -0.3 is 21.3 Å². The van der Waals surface area contributed by atoms with Gasteiger partial charge in [0.25, 0.3) is 0 Å². The summed E-state index contributed by atoms with van der Waals surface area (Å²) in [6.07, 6.45) is 3.15. The molecule has 0 saturated heterocycles. The van der Waals surface area contributed by atoms with Crippen LogP contribution in [0.5, 0.6) is 0 Å². The maximum atomic E-state index is 12.1. The number of amides is 1. The van der Waals surface area contributed by atoms with Gasteiger partial charge >= 0.3 is 11.9 Å². The number of carbonyl (C=O) groups excluding carboxylic acids is 1. The molecule has 1 fully saturated rings. The van der Waals surface area contributed by atoms with Gasteiger partial charge in [0.1, 0.15) is 6.04 Å². The third kappa shape index (κ3) is 4.80. The van der Waals surface area contributed by atoms with Crippen LogP contribution in [0.15, 0.2) is 0 Å². The quantitative estimate of drug-likeness (QED) is 0.528. The molecule has 3 unspecified atom stereocenters. The van der Waals surface area contributed by atoms with Crippen molar-refractivity contribution in [3.8, 4) is 0 Å². The predicted octanol–water partition coefficient (Wildman–Crippen LogP) is 0.186. The summed E-state index contributed by atoms with van der Waals surface area (Å²) in [5.41, 5.74) is 5.65. The van der Waals surface area contributed by atoms with E-state index in [1.807, 2.05) is 0 Å². The largest absolute Gasteiger partial charge is 0.481 e. The summed E-state index contributed by atoms with van der Waals surface area (Å²) in [6.45, 7) is 0.408. The van der Waals surface area contributed by atoms with E-state index in [1.54, 1.807) is 0 Å². The van der Waals surface area contributed by atoms with E-state index < -0.39 is 18.0 Å². The highest BCUT2D eigenvalue weighted by molar-refractivity contribution is 5.85. The number of nitrogens with two attached hydrogens (primary N) is 1. The highest BCUT2D eigenvalue weighted by Gasteiger charge is 2.32.